The minimum Gasteiger partial charge on any atom is -0.479 e. The molecule has 1 unspecified atom stereocenters. The minimum atomic E-state index is -1.12. The Kier molecular flexibility index (Phi) is 4.37. The zero-order valence-corrected chi connectivity index (χ0v) is 11.7. The molecule has 0 aromatic carbocycles. The summed E-state index contributed by atoms with van der Waals surface area (Å²) >= 11 is 0. The van der Waals surface area contributed by atoms with Gasteiger partial charge in [0, 0.05) is 26.3 Å². The Labute approximate surface area is 108 Å². The summed E-state index contributed by atoms with van der Waals surface area (Å²) in [6.45, 7) is 7.95. The molecule has 5 nitrogen and oxygen atoms in total. The number of ether oxygens (including phenoxy) is 1. The van der Waals surface area contributed by atoms with E-state index in [9.17, 15) is 14.7 Å². The zero-order chi connectivity index (χ0) is 14.0. The van der Waals surface area contributed by atoms with Crippen LogP contribution in [0.3, 0.4) is 0 Å². The lowest BCUT2D eigenvalue weighted by atomic mass is 9.79. The number of amides is 1. The topological polar surface area (TPSA) is 66.8 Å². The molecule has 1 N–H and O–H groups in total. The van der Waals surface area contributed by atoms with Crippen LogP contribution in [0, 0.1) is 0 Å². The lowest BCUT2D eigenvalue weighted by Crippen LogP contribution is -2.62. The van der Waals surface area contributed by atoms with Gasteiger partial charge in [0.1, 0.15) is 5.54 Å². The standard InChI is InChI=1S/C13H23NO4/c1-5-7-14(10(2)15)13(11(16)17)6-8-18-12(3,4)9-13/h5-9H2,1-4H3,(H,16,17). The minimum absolute atomic E-state index is 0.183. The Morgan fingerprint density at radius 1 is 1.39 bits per heavy atom. The van der Waals surface area contributed by atoms with Gasteiger partial charge in [-0.05, 0) is 20.3 Å². The molecule has 0 radical (unpaired) electrons. The maximum absolute atomic E-state index is 11.8. The molecule has 1 aliphatic heterocycles. The van der Waals surface area contributed by atoms with Crippen LogP contribution in [-0.2, 0) is 14.3 Å². The first-order chi connectivity index (χ1) is 8.25. The highest BCUT2D eigenvalue weighted by molar-refractivity contribution is 5.86. The fourth-order valence-corrected chi connectivity index (χ4v) is 2.76. The Morgan fingerprint density at radius 2 is 2.00 bits per heavy atom. The third-order valence-electron chi connectivity index (χ3n) is 3.47. The van der Waals surface area contributed by atoms with Crippen LogP contribution in [0.25, 0.3) is 0 Å². The van der Waals surface area contributed by atoms with Crippen LogP contribution in [0.4, 0.5) is 0 Å². The number of hydrogen-bond acceptors (Lipinski definition) is 3. The Hall–Kier alpha value is -1.10. The molecule has 0 aliphatic carbocycles. The van der Waals surface area contributed by atoms with E-state index in [1.54, 1.807) is 0 Å². The van der Waals surface area contributed by atoms with E-state index >= 15 is 0 Å². The molecular formula is C13H23NO4. The molecule has 0 aromatic rings. The molecule has 1 heterocycles. The van der Waals surface area contributed by atoms with Crippen molar-refractivity contribution in [2.75, 3.05) is 13.2 Å². The second-order valence-corrected chi connectivity index (χ2v) is 5.54. The van der Waals surface area contributed by atoms with Crippen molar-refractivity contribution in [3.8, 4) is 0 Å². The summed E-state index contributed by atoms with van der Waals surface area (Å²) in [6, 6.07) is 0. The van der Waals surface area contributed by atoms with Crippen molar-refractivity contribution >= 4 is 11.9 Å². The summed E-state index contributed by atoms with van der Waals surface area (Å²) in [4.78, 5) is 25.0. The van der Waals surface area contributed by atoms with E-state index in [0.29, 0.717) is 26.0 Å². The van der Waals surface area contributed by atoms with Crippen molar-refractivity contribution in [2.45, 2.75) is 58.1 Å². The third kappa shape index (κ3) is 2.83. The van der Waals surface area contributed by atoms with Gasteiger partial charge in [0.2, 0.25) is 5.91 Å². The highest BCUT2D eigenvalue weighted by atomic mass is 16.5. The SMILES string of the molecule is CCCN(C(C)=O)C1(C(=O)O)CCOC(C)(C)C1. The molecule has 18 heavy (non-hydrogen) atoms. The number of hydrogen-bond donors (Lipinski definition) is 1. The molecule has 1 amide bonds. The van der Waals surface area contributed by atoms with E-state index in [4.69, 9.17) is 4.74 Å². The van der Waals surface area contributed by atoms with E-state index in [1.165, 1.54) is 11.8 Å². The molecule has 0 saturated carbocycles. The summed E-state index contributed by atoms with van der Waals surface area (Å²) in [7, 11) is 0. The van der Waals surface area contributed by atoms with Crippen LogP contribution >= 0.6 is 0 Å². The van der Waals surface area contributed by atoms with E-state index in [-0.39, 0.29) is 5.91 Å². The molecule has 5 heteroatoms. The van der Waals surface area contributed by atoms with Gasteiger partial charge in [-0.25, -0.2) is 4.79 Å². The second kappa shape index (κ2) is 5.26. The molecule has 1 rings (SSSR count). The van der Waals surface area contributed by atoms with Gasteiger partial charge in [0.15, 0.2) is 0 Å². The summed E-state index contributed by atoms with van der Waals surface area (Å²) in [5.74, 6) is -1.11. The van der Waals surface area contributed by atoms with Gasteiger partial charge in [-0.1, -0.05) is 6.92 Å². The number of carboxylic acid groups (broad SMARTS) is 1. The summed E-state index contributed by atoms with van der Waals surface area (Å²) in [5, 5.41) is 9.62. The van der Waals surface area contributed by atoms with Crippen molar-refractivity contribution in [1.29, 1.82) is 0 Å². The normalized spacial score (nSPS) is 26.7. The van der Waals surface area contributed by atoms with Gasteiger partial charge >= 0.3 is 5.97 Å². The highest BCUT2D eigenvalue weighted by Gasteiger charge is 2.51. The van der Waals surface area contributed by atoms with Gasteiger partial charge in [-0.15, -0.1) is 0 Å². The van der Waals surface area contributed by atoms with Crippen molar-refractivity contribution in [1.82, 2.24) is 4.90 Å². The molecule has 1 aliphatic rings. The average molecular weight is 257 g/mol. The van der Waals surface area contributed by atoms with Gasteiger partial charge in [-0.3, -0.25) is 4.79 Å². The van der Waals surface area contributed by atoms with Crippen LogP contribution in [0.5, 0.6) is 0 Å². The first-order valence-corrected chi connectivity index (χ1v) is 6.41. The first-order valence-electron chi connectivity index (χ1n) is 6.41. The number of nitrogens with zero attached hydrogens (tertiary/aromatic N) is 1. The smallest absolute Gasteiger partial charge is 0.329 e. The summed E-state index contributed by atoms with van der Waals surface area (Å²) < 4.78 is 5.58. The van der Waals surface area contributed by atoms with Gasteiger partial charge in [0.25, 0.3) is 0 Å². The summed E-state index contributed by atoms with van der Waals surface area (Å²) in [5.41, 5.74) is -1.64. The molecule has 0 aromatic heterocycles. The quantitative estimate of drug-likeness (QED) is 0.831. The van der Waals surface area contributed by atoms with Crippen LogP contribution in [0.2, 0.25) is 0 Å². The van der Waals surface area contributed by atoms with Crippen molar-refractivity contribution in [3.63, 3.8) is 0 Å². The molecule has 104 valence electrons. The van der Waals surface area contributed by atoms with Crippen molar-refractivity contribution in [3.05, 3.63) is 0 Å². The first kappa shape index (κ1) is 15.0. The fourth-order valence-electron chi connectivity index (χ4n) is 2.76. The predicted octanol–water partition coefficient (Wildman–Crippen LogP) is 1.66. The highest BCUT2D eigenvalue weighted by Crippen LogP contribution is 2.37. The maximum atomic E-state index is 11.8. The van der Waals surface area contributed by atoms with Crippen LogP contribution in [0.1, 0.15) is 47.0 Å². The second-order valence-electron chi connectivity index (χ2n) is 5.54. The van der Waals surface area contributed by atoms with Gasteiger partial charge < -0.3 is 14.7 Å². The molecular weight excluding hydrogens is 234 g/mol. The molecule has 0 spiro atoms. The van der Waals surface area contributed by atoms with Crippen LogP contribution < -0.4 is 0 Å². The zero-order valence-electron chi connectivity index (χ0n) is 11.7. The lowest BCUT2D eigenvalue weighted by Gasteiger charge is -2.47. The Morgan fingerprint density at radius 3 is 2.39 bits per heavy atom. The Balaban J connectivity index is 3.12. The molecule has 0 bridgehead atoms. The van der Waals surface area contributed by atoms with Crippen LogP contribution in [-0.4, -0.2) is 46.2 Å². The van der Waals surface area contributed by atoms with Crippen molar-refractivity contribution in [2.24, 2.45) is 0 Å². The predicted molar refractivity (Wildman–Crippen MR) is 67.3 cm³/mol. The van der Waals surface area contributed by atoms with E-state index in [2.05, 4.69) is 0 Å². The Bertz CT molecular complexity index is 340. The number of carboxylic acids is 1. The monoisotopic (exact) mass is 257 g/mol. The fraction of sp³-hybridized carbons (Fsp3) is 0.846. The van der Waals surface area contributed by atoms with E-state index < -0.39 is 17.1 Å². The van der Waals surface area contributed by atoms with Gasteiger partial charge in [-0.2, -0.15) is 0 Å². The van der Waals surface area contributed by atoms with Gasteiger partial charge in [0.05, 0.1) is 12.2 Å². The molecule has 1 atom stereocenters. The average Bonchev–Trinajstić information content (AvgIpc) is 2.23. The maximum Gasteiger partial charge on any atom is 0.329 e. The number of aliphatic carboxylic acids is 1. The number of carbonyl (C=O) groups excluding carboxylic acids is 1. The number of carbonyl (C=O) groups is 2. The number of rotatable bonds is 4. The molecule has 1 fully saturated rings. The summed E-state index contributed by atoms with van der Waals surface area (Å²) in [6.07, 6.45) is 1.43. The molecule has 1 saturated heterocycles. The van der Waals surface area contributed by atoms with Crippen molar-refractivity contribution < 1.29 is 19.4 Å². The van der Waals surface area contributed by atoms with Crippen LogP contribution in [0.15, 0.2) is 0 Å². The van der Waals surface area contributed by atoms with E-state index in [0.717, 1.165) is 6.42 Å². The lowest BCUT2D eigenvalue weighted by molar-refractivity contribution is -0.177. The largest absolute Gasteiger partial charge is 0.479 e. The third-order valence-corrected chi connectivity index (χ3v) is 3.47. The van der Waals surface area contributed by atoms with E-state index in [1.807, 2.05) is 20.8 Å².